The second-order valence-corrected chi connectivity index (χ2v) is 4.18. The first kappa shape index (κ1) is 12.3. The minimum absolute atomic E-state index is 0.00205. The van der Waals surface area contributed by atoms with Gasteiger partial charge in [0.2, 0.25) is 0 Å². The molecule has 0 unspecified atom stereocenters. The summed E-state index contributed by atoms with van der Waals surface area (Å²) in [5.41, 5.74) is 2.97. The SMILES string of the molecule is CCC(=O)c1[nH]c(-c2ccn(C)n2)c(C=O)c1C. The number of nitrogens with one attached hydrogen (secondary N) is 1. The monoisotopic (exact) mass is 245 g/mol. The molecule has 0 aliphatic heterocycles. The summed E-state index contributed by atoms with van der Waals surface area (Å²) in [4.78, 5) is 26.0. The molecule has 0 saturated carbocycles. The minimum atomic E-state index is -0.00205. The Bertz CT molecular complexity index is 608. The van der Waals surface area contributed by atoms with Crippen molar-refractivity contribution < 1.29 is 9.59 Å². The van der Waals surface area contributed by atoms with Crippen molar-refractivity contribution in [1.29, 1.82) is 0 Å². The van der Waals surface area contributed by atoms with E-state index in [1.807, 2.05) is 0 Å². The number of H-pyrrole nitrogens is 1. The van der Waals surface area contributed by atoms with Crippen LogP contribution < -0.4 is 0 Å². The number of carbonyl (C=O) groups excluding carboxylic acids is 2. The van der Waals surface area contributed by atoms with Gasteiger partial charge in [-0.25, -0.2) is 0 Å². The number of hydrogen-bond donors (Lipinski definition) is 1. The predicted octanol–water partition coefficient (Wildman–Crippen LogP) is 2.13. The Hall–Kier alpha value is -2.17. The third kappa shape index (κ3) is 1.88. The molecule has 0 radical (unpaired) electrons. The Morgan fingerprint density at radius 2 is 2.28 bits per heavy atom. The van der Waals surface area contributed by atoms with Crippen LogP contribution >= 0.6 is 0 Å². The third-order valence-electron chi connectivity index (χ3n) is 2.99. The molecule has 94 valence electrons. The largest absolute Gasteiger partial charge is 0.350 e. The number of nitrogens with zero attached hydrogens (tertiary/aromatic N) is 2. The molecule has 18 heavy (non-hydrogen) atoms. The van der Waals surface area contributed by atoms with Crippen molar-refractivity contribution in [3.63, 3.8) is 0 Å². The summed E-state index contributed by atoms with van der Waals surface area (Å²) in [6, 6.07) is 1.80. The van der Waals surface area contributed by atoms with Crippen LogP contribution in [0.2, 0.25) is 0 Å². The zero-order chi connectivity index (χ0) is 13.3. The number of aryl methyl sites for hydroxylation is 1. The zero-order valence-electron chi connectivity index (χ0n) is 10.7. The van der Waals surface area contributed by atoms with Gasteiger partial charge >= 0.3 is 0 Å². The summed E-state index contributed by atoms with van der Waals surface area (Å²) < 4.78 is 1.65. The number of aromatic amines is 1. The molecule has 2 heterocycles. The number of aldehydes is 1. The van der Waals surface area contributed by atoms with Gasteiger partial charge in [-0.2, -0.15) is 5.10 Å². The highest BCUT2D eigenvalue weighted by atomic mass is 16.1. The topological polar surface area (TPSA) is 67.8 Å². The minimum Gasteiger partial charge on any atom is -0.350 e. The highest BCUT2D eigenvalue weighted by molar-refractivity contribution is 6.00. The highest BCUT2D eigenvalue weighted by Crippen LogP contribution is 2.26. The smallest absolute Gasteiger partial charge is 0.179 e. The van der Waals surface area contributed by atoms with Crippen molar-refractivity contribution >= 4 is 12.1 Å². The van der Waals surface area contributed by atoms with E-state index in [9.17, 15) is 9.59 Å². The van der Waals surface area contributed by atoms with Gasteiger partial charge in [0.15, 0.2) is 12.1 Å². The van der Waals surface area contributed by atoms with Gasteiger partial charge in [-0.1, -0.05) is 6.92 Å². The summed E-state index contributed by atoms with van der Waals surface area (Å²) in [5, 5.41) is 4.24. The lowest BCUT2D eigenvalue weighted by Crippen LogP contribution is -1.99. The Morgan fingerprint density at radius 3 is 2.78 bits per heavy atom. The summed E-state index contributed by atoms with van der Waals surface area (Å²) in [7, 11) is 1.80. The quantitative estimate of drug-likeness (QED) is 0.662. The lowest BCUT2D eigenvalue weighted by molar-refractivity contribution is 0.0983. The van der Waals surface area contributed by atoms with Gasteiger partial charge in [-0.05, 0) is 18.6 Å². The molecule has 1 N–H and O–H groups in total. The van der Waals surface area contributed by atoms with Crippen LogP contribution in [0.4, 0.5) is 0 Å². The zero-order valence-corrected chi connectivity index (χ0v) is 10.7. The molecule has 0 aliphatic rings. The van der Waals surface area contributed by atoms with Crippen LogP contribution in [0, 0.1) is 6.92 Å². The number of hydrogen-bond acceptors (Lipinski definition) is 3. The lowest BCUT2D eigenvalue weighted by atomic mass is 10.1. The molecule has 0 saturated heterocycles. The van der Waals surface area contributed by atoms with E-state index < -0.39 is 0 Å². The molecular formula is C13H15N3O2. The standard InChI is InChI=1S/C13H15N3O2/c1-4-11(18)12-8(2)9(7-17)13(14-12)10-5-6-16(3)15-10/h5-7,14H,4H2,1-3H3. The molecule has 0 amide bonds. The summed E-state index contributed by atoms with van der Waals surface area (Å²) in [5.74, 6) is -0.00205. The summed E-state index contributed by atoms with van der Waals surface area (Å²) in [6.45, 7) is 3.57. The second-order valence-electron chi connectivity index (χ2n) is 4.18. The van der Waals surface area contributed by atoms with Crippen molar-refractivity contribution in [2.75, 3.05) is 0 Å². The van der Waals surface area contributed by atoms with E-state index in [0.717, 1.165) is 6.29 Å². The number of aromatic nitrogens is 3. The third-order valence-corrected chi connectivity index (χ3v) is 2.99. The van der Waals surface area contributed by atoms with Crippen LogP contribution in [0.1, 0.15) is 39.8 Å². The average molecular weight is 245 g/mol. The van der Waals surface area contributed by atoms with E-state index in [2.05, 4.69) is 10.1 Å². The van der Waals surface area contributed by atoms with Crippen molar-refractivity contribution in [2.24, 2.45) is 7.05 Å². The van der Waals surface area contributed by atoms with Crippen molar-refractivity contribution in [1.82, 2.24) is 14.8 Å². The van der Waals surface area contributed by atoms with E-state index in [-0.39, 0.29) is 5.78 Å². The van der Waals surface area contributed by atoms with Crippen molar-refractivity contribution in [2.45, 2.75) is 20.3 Å². The molecule has 0 spiro atoms. The van der Waals surface area contributed by atoms with Crippen LogP contribution in [0.3, 0.4) is 0 Å². The Balaban J connectivity index is 2.61. The molecule has 2 aromatic rings. The van der Waals surface area contributed by atoms with Gasteiger partial charge in [-0.15, -0.1) is 0 Å². The molecule has 0 fully saturated rings. The summed E-state index contributed by atoms with van der Waals surface area (Å²) >= 11 is 0. The second kappa shape index (κ2) is 4.60. The fraction of sp³-hybridized carbons (Fsp3) is 0.308. The van der Waals surface area contributed by atoms with Gasteiger partial charge in [0.25, 0.3) is 0 Å². The van der Waals surface area contributed by atoms with E-state index in [4.69, 9.17) is 0 Å². The number of carbonyl (C=O) groups is 2. The molecule has 5 nitrogen and oxygen atoms in total. The maximum absolute atomic E-state index is 11.8. The normalized spacial score (nSPS) is 10.6. The molecule has 2 rings (SSSR count). The van der Waals surface area contributed by atoms with Gasteiger partial charge < -0.3 is 4.98 Å². The van der Waals surface area contributed by atoms with Crippen molar-refractivity contribution in [3.8, 4) is 11.4 Å². The average Bonchev–Trinajstić information content (AvgIpc) is 2.92. The van der Waals surface area contributed by atoms with Gasteiger partial charge in [-0.3, -0.25) is 14.3 Å². The van der Waals surface area contributed by atoms with Crippen molar-refractivity contribution in [3.05, 3.63) is 29.1 Å². The first-order valence-corrected chi connectivity index (χ1v) is 5.79. The molecule has 0 atom stereocenters. The van der Waals surface area contributed by atoms with Gasteiger partial charge in [0, 0.05) is 25.2 Å². The molecule has 0 aliphatic carbocycles. The molecule has 0 aromatic carbocycles. The van der Waals surface area contributed by atoms with Crippen LogP contribution in [-0.4, -0.2) is 26.8 Å². The van der Waals surface area contributed by atoms with E-state index in [1.54, 1.807) is 37.8 Å². The lowest BCUT2D eigenvalue weighted by Gasteiger charge is -1.94. The first-order chi connectivity index (χ1) is 8.58. The van der Waals surface area contributed by atoms with Crippen LogP contribution in [-0.2, 0) is 7.05 Å². The molecule has 5 heteroatoms. The fourth-order valence-electron chi connectivity index (χ4n) is 1.96. The maximum atomic E-state index is 11.8. The van der Waals surface area contributed by atoms with E-state index in [1.165, 1.54) is 0 Å². The van der Waals surface area contributed by atoms with Crippen LogP contribution in [0.5, 0.6) is 0 Å². The van der Waals surface area contributed by atoms with Crippen LogP contribution in [0.15, 0.2) is 12.3 Å². The maximum Gasteiger partial charge on any atom is 0.179 e. The number of rotatable bonds is 4. The van der Waals surface area contributed by atoms with Gasteiger partial charge in [0.05, 0.1) is 11.4 Å². The predicted molar refractivity (Wildman–Crippen MR) is 67.7 cm³/mol. The van der Waals surface area contributed by atoms with E-state index >= 15 is 0 Å². The van der Waals surface area contributed by atoms with E-state index in [0.29, 0.717) is 34.6 Å². The number of ketones is 1. The first-order valence-electron chi connectivity index (χ1n) is 5.79. The summed E-state index contributed by atoms with van der Waals surface area (Å²) in [6.07, 6.45) is 2.96. The fourth-order valence-corrected chi connectivity index (χ4v) is 1.96. The Morgan fingerprint density at radius 1 is 1.56 bits per heavy atom. The molecule has 2 aromatic heterocycles. The Labute approximate surface area is 105 Å². The molecule has 0 bridgehead atoms. The Kier molecular flexibility index (Phi) is 3.14. The van der Waals surface area contributed by atoms with Crippen LogP contribution in [0.25, 0.3) is 11.4 Å². The highest BCUT2D eigenvalue weighted by Gasteiger charge is 2.19. The molecular weight excluding hydrogens is 230 g/mol. The number of Topliss-reactive ketones (excluding diaryl/α,β-unsaturated/α-hetero) is 1. The van der Waals surface area contributed by atoms with Gasteiger partial charge in [0.1, 0.15) is 5.69 Å².